The fourth-order valence-corrected chi connectivity index (χ4v) is 3.13. The molecule has 8 nitrogen and oxygen atoms in total. The third-order valence-electron chi connectivity index (χ3n) is 4.24. The first-order valence-electron chi connectivity index (χ1n) is 7.95. The highest BCUT2D eigenvalue weighted by molar-refractivity contribution is 5.92. The van der Waals surface area contributed by atoms with Crippen molar-refractivity contribution >= 4 is 11.7 Å². The van der Waals surface area contributed by atoms with E-state index in [1.165, 1.54) is 4.90 Å². The van der Waals surface area contributed by atoms with E-state index in [2.05, 4.69) is 15.1 Å². The van der Waals surface area contributed by atoms with Gasteiger partial charge in [-0.2, -0.15) is 5.10 Å². The lowest BCUT2D eigenvalue weighted by atomic mass is 9.92. The molecule has 0 aliphatic carbocycles. The van der Waals surface area contributed by atoms with Gasteiger partial charge < -0.3 is 14.9 Å². The Morgan fingerprint density at radius 1 is 1.46 bits per heavy atom. The van der Waals surface area contributed by atoms with Gasteiger partial charge in [0.15, 0.2) is 0 Å². The molecule has 2 aromatic rings. The van der Waals surface area contributed by atoms with Gasteiger partial charge in [-0.1, -0.05) is 0 Å². The van der Waals surface area contributed by atoms with Crippen LogP contribution in [0.15, 0.2) is 30.9 Å². The highest BCUT2D eigenvalue weighted by atomic mass is 16.3. The predicted octanol–water partition coefficient (Wildman–Crippen LogP) is 0.314. The molecule has 3 rings (SSSR count). The van der Waals surface area contributed by atoms with Crippen molar-refractivity contribution in [2.24, 2.45) is 7.05 Å². The quantitative estimate of drug-likeness (QED) is 0.868. The van der Waals surface area contributed by atoms with Crippen molar-refractivity contribution in [3.8, 4) is 0 Å². The van der Waals surface area contributed by atoms with E-state index in [0.717, 1.165) is 18.8 Å². The smallest absolute Gasteiger partial charge is 0.274 e. The number of carbonyl (C=O) groups is 1. The molecule has 0 saturated carbocycles. The zero-order chi connectivity index (χ0) is 17.2. The lowest BCUT2D eigenvalue weighted by molar-refractivity contribution is -0.000305. The summed E-state index contributed by atoms with van der Waals surface area (Å²) in [6, 6.07) is 1.68. The van der Waals surface area contributed by atoms with Gasteiger partial charge in [-0.15, -0.1) is 0 Å². The third-order valence-corrected chi connectivity index (χ3v) is 4.24. The number of rotatable bonds is 4. The maximum Gasteiger partial charge on any atom is 0.274 e. The molecule has 24 heavy (non-hydrogen) atoms. The largest absolute Gasteiger partial charge is 0.386 e. The van der Waals surface area contributed by atoms with Crippen LogP contribution in [0.1, 0.15) is 23.3 Å². The van der Waals surface area contributed by atoms with E-state index in [4.69, 9.17) is 0 Å². The number of aryl methyl sites for hydroxylation is 1. The first kappa shape index (κ1) is 16.4. The Balaban J connectivity index is 1.67. The van der Waals surface area contributed by atoms with Crippen LogP contribution < -0.4 is 4.90 Å². The van der Waals surface area contributed by atoms with Gasteiger partial charge in [0.1, 0.15) is 11.5 Å². The third kappa shape index (κ3) is 3.53. The first-order valence-corrected chi connectivity index (χ1v) is 7.95. The van der Waals surface area contributed by atoms with E-state index < -0.39 is 5.60 Å². The van der Waals surface area contributed by atoms with E-state index in [0.29, 0.717) is 18.7 Å². The fourth-order valence-electron chi connectivity index (χ4n) is 3.13. The zero-order valence-corrected chi connectivity index (χ0v) is 14.0. The van der Waals surface area contributed by atoms with Crippen LogP contribution in [0.5, 0.6) is 0 Å². The molecule has 0 bridgehead atoms. The van der Waals surface area contributed by atoms with Crippen molar-refractivity contribution in [1.82, 2.24) is 24.6 Å². The average molecular weight is 330 g/mol. The van der Waals surface area contributed by atoms with E-state index in [1.807, 2.05) is 4.90 Å². The molecule has 1 fully saturated rings. The molecule has 0 spiro atoms. The van der Waals surface area contributed by atoms with Crippen LogP contribution in [0, 0.1) is 0 Å². The van der Waals surface area contributed by atoms with Crippen LogP contribution >= 0.6 is 0 Å². The van der Waals surface area contributed by atoms with Crippen LogP contribution in [0.25, 0.3) is 0 Å². The Kier molecular flexibility index (Phi) is 4.48. The normalized spacial score (nSPS) is 20.9. The molecule has 128 valence electrons. The van der Waals surface area contributed by atoms with Crippen LogP contribution in [-0.2, 0) is 7.05 Å². The summed E-state index contributed by atoms with van der Waals surface area (Å²) in [4.78, 5) is 24.3. The number of β-amino-alcohol motifs (C(OH)–C–C–N with tert-alkyl or cyclic N) is 1. The summed E-state index contributed by atoms with van der Waals surface area (Å²) in [6.45, 7) is 1.49. The van der Waals surface area contributed by atoms with Gasteiger partial charge in [0.25, 0.3) is 5.91 Å². The predicted molar refractivity (Wildman–Crippen MR) is 88.6 cm³/mol. The number of anilines is 1. The molecular weight excluding hydrogens is 308 g/mol. The standard InChI is InChI=1S/C16H22N6O2/c1-20(15(23)13-4-9-21(2)19-13)11-16(24)5-3-8-22(12-16)14-10-17-6-7-18-14/h4,6-7,9-10,24H,3,5,8,11-12H2,1-2H3/t16-/m0/s1. The summed E-state index contributed by atoms with van der Waals surface area (Å²) in [5, 5.41) is 15.1. The second kappa shape index (κ2) is 6.56. The number of aliphatic hydroxyl groups is 1. The molecule has 1 aliphatic heterocycles. The molecule has 3 heterocycles. The molecule has 0 aromatic carbocycles. The number of nitrogens with zero attached hydrogens (tertiary/aromatic N) is 6. The van der Waals surface area contributed by atoms with Gasteiger partial charge in [-0.05, 0) is 18.9 Å². The molecule has 0 unspecified atom stereocenters. The Bertz CT molecular complexity index is 704. The van der Waals surface area contributed by atoms with Crippen molar-refractivity contribution in [2.75, 3.05) is 31.6 Å². The van der Waals surface area contributed by atoms with E-state index in [-0.39, 0.29) is 12.5 Å². The Morgan fingerprint density at radius 3 is 2.96 bits per heavy atom. The number of carbonyl (C=O) groups excluding carboxylic acids is 1. The molecule has 0 radical (unpaired) electrons. The van der Waals surface area contributed by atoms with Crippen molar-refractivity contribution in [3.05, 3.63) is 36.5 Å². The summed E-state index contributed by atoms with van der Waals surface area (Å²) >= 11 is 0. The van der Waals surface area contributed by atoms with Crippen LogP contribution in [0.2, 0.25) is 0 Å². The molecule has 2 aromatic heterocycles. The zero-order valence-electron chi connectivity index (χ0n) is 14.0. The summed E-state index contributed by atoms with van der Waals surface area (Å²) in [6.07, 6.45) is 8.15. The van der Waals surface area contributed by atoms with Crippen LogP contribution in [0.4, 0.5) is 5.82 Å². The maximum absolute atomic E-state index is 12.4. The minimum absolute atomic E-state index is 0.194. The molecule has 1 N–H and O–H groups in total. The maximum atomic E-state index is 12.4. The Labute approximate surface area is 140 Å². The summed E-state index contributed by atoms with van der Waals surface area (Å²) < 4.78 is 1.59. The molecule has 1 atom stereocenters. The molecule has 1 aliphatic rings. The second-order valence-electron chi connectivity index (χ2n) is 6.35. The summed E-state index contributed by atoms with van der Waals surface area (Å²) in [5.41, 5.74) is -0.597. The second-order valence-corrected chi connectivity index (χ2v) is 6.35. The van der Waals surface area contributed by atoms with Gasteiger partial charge in [0.05, 0.1) is 18.3 Å². The van der Waals surface area contributed by atoms with Gasteiger partial charge in [0, 0.05) is 45.8 Å². The lowest BCUT2D eigenvalue weighted by Gasteiger charge is -2.41. The highest BCUT2D eigenvalue weighted by Gasteiger charge is 2.36. The molecule has 8 heteroatoms. The van der Waals surface area contributed by atoms with Gasteiger partial charge in [-0.25, -0.2) is 4.98 Å². The fraction of sp³-hybridized carbons (Fsp3) is 0.500. The first-order chi connectivity index (χ1) is 11.5. The number of hydrogen-bond acceptors (Lipinski definition) is 6. The topological polar surface area (TPSA) is 87.4 Å². The summed E-state index contributed by atoms with van der Waals surface area (Å²) in [7, 11) is 3.46. The average Bonchev–Trinajstić information content (AvgIpc) is 3.01. The minimum atomic E-state index is -0.977. The Hall–Kier alpha value is -2.48. The van der Waals surface area contributed by atoms with Crippen molar-refractivity contribution in [3.63, 3.8) is 0 Å². The summed E-state index contributed by atoms with van der Waals surface area (Å²) in [5.74, 6) is 0.551. The van der Waals surface area contributed by atoms with Crippen LogP contribution in [0.3, 0.4) is 0 Å². The van der Waals surface area contributed by atoms with Gasteiger partial charge in [-0.3, -0.25) is 14.5 Å². The molecular formula is C16H22N6O2. The minimum Gasteiger partial charge on any atom is -0.386 e. The number of piperidine rings is 1. The van der Waals surface area contributed by atoms with Crippen molar-refractivity contribution < 1.29 is 9.90 Å². The Morgan fingerprint density at radius 2 is 2.29 bits per heavy atom. The van der Waals surface area contributed by atoms with Crippen molar-refractivity contribution in [2.45, 2.75) is 18.4 Å². The number of aromatic nitrogens is 4. The van der Waals surface area contributed by atoms with E-state index in [9.17, 15) is 9.90 Å². The number of amides is 1. The lowest BCUT2D eigenvalue weighted by Crippen LogP contribution is -2.55. The molecule has 1 saturated heterocycles. The van der Waals surface area contributed by atoms with E-state index >= 15 is 0 Å². The number of hydrogen-bond donors (Lipinski definition) is 1. The SMILES string of the molecule is CN(C[C@@]1(O)CCCN(c2cnccn2)C1)C(=O)c1ccn(C)n1. The van der Waals surface area contributed by atoms with E-state index in [1.54, 1.807) is 49.6 Å². The highest BCUT2D eigenvalue weighted by Crippen LogP contribution is 2.25. The van der Waals surface area contributed by atoms with Gasteiger partial charge >= 0.3 is 0 Å². The molecule has 1 amide bonds. The number of likely N-dealkylation sites (N-methyl/N-ethyl adjacent to an activating group) is 1. The van der Waals surface area contributed by atoms with Gasteiger partial charge in [0.2, 0.25) is 0 Å². The monoisotopic (exact) mass is 330 g/mol. The van der Waals surface area contributed by atoms with Crippen molar-refractivity contribution in [1.29, 1.82) is 0 Å². The van der Waals surface area contributed by atoms with Crippen LogP contribution in [-0.4, -0.2) is 67.9 Å².